The molecule has 1 aliphatic rings. The molecule has 1 aliphatic heterocycles. The van der Waals surface area contributed by atoms with Crippen LogP contribution in [0.25, 0.3) is 44.3 Å². The van der Waals surface area contributed by atoms with Gasteiger partial charge in [0.2, 0.25) is 0 Å². The number of hydrogen-bond acceptors (Lipinski definition) is 7. The summed E-state index contributed by atoms with van der Waals surface area (Å²) in [7, 11) is -3.97. The number of alkyl carbamates (subject to hydrolysis) is 1. The maximum Gasteiger partial charge on any atom is 0.407 e. The molecule has 3 aromatic carbocycles. The second-order valence-corrected chi connectivity index (χ2v) is 14.9. The number of nitrogens with one attached hydrogen (secondary N) is 2. The molecule has 11 nitrogen and oxygen atoms in total. The Kier molecular flexibility index (Phi) is 8.19. The van der Waals surface area contributed by atoms with E-state index in [1.165, 1.54) is 3.97 Å². The molecule has 250 valence electrons. The van der Waals surface area contributed by atoms with Crippen molar-refractivity contribution in [3.63, 3.8) is 0 Å². The van der Waals surface area contributed by atoms with E-state index in [1.54, 1.807) is 41.4 Å². The normalized spacial score (nSPS) is 14.3. The van der Waals surface area contributed by atoms with Gasteiger partial charge in [0.05, 0.1) is 16.1 Å². The van der Waals surface area contributed by atoms with Gasteiger partial charge in [0.1, 0.15) is 5.60 Å². The monoisotopic (exact) mass is 676 g/mol. The van der Waals surface area contributed by atoms with Crippen LogP contribution in [0.15, 0.2) is 102 Å². The zero-order valence-corrected chi connectivity index (χ0v) is 28.2. The maximum atomic E-state index is 14.0. The Morgan fingerprint density at radius 3 is 2.27 bits per heavy atom. The molecular weight excluding hydrogens is 641 g/mol. The van der Waals surface area contributed by atoms with Crippen molar-refractivity contribution in [2.45, 2.75) is 50.2 Å². The van der Waals surface area contributed by atoms with Gasteiger partial charge in [0.25, 0.3) is 15.9 Å². The third-order valence-corrected chi connectivity index (χ3v) is 10.3. The first-order valence-corrected chi connectivity index (χ1v) is 17.6. The number of pyridine rings is 1. The Balaban J connectivity index is 1.18. The third kappa shape index (κ3) is 6.39. The summed E-state index contributed by atoms with van der Waals surface area (Å²) in [6, 6.07) is 27.1. The van der Waals surface area contributed by atoms with Gasteiger partial charge in [0, 0.05) is 41.7 Å². The quantitative estimate of drug-likeness (QED) is 0.202. The Morgan fingerprint density at radius 1 is 0.878 bits per heavy atom. The Hall–Kier alpha value is -5.49. The highest BCUT2D eigenvalue weighted by atomic mass is 32.2. The number of amides is 2. The molecule has 2 amide bonds. The van der Waals surface area contributed by atoms with Crippen molar-refractivity contribution >= 4 is 44.0 Å². The lowest BCUT2D eigenvalue weighted by Gasteiger charge is -2.32. The molecule has 0 bridgehead atoms. The lowest BCUT2D eigenvalue weighted by atomic mass is 10.0. The fourth-order valence-electron chi connectivity index (χ4n) is 6.19. The minimum Gasteiger partial charge on any atom is -0.444 e. The van der Waals surface area contributed by atoms with Crippen LogP contribution in [0.3, 0.4) is 0 Å². The van der Waals surface area contributed by atoms with Crippen molar-refractivity contribution in [1.82, 2.24) is 29.4 Å². The smallest absolute Gasteiger partial charge is 0.407 e. The number of likely N-dealkylation sites (tertiary alicyclic amines) is 1. The predicted molar refractivity (Wildman–Crippen MR) is 188 cm³/mol. The van der Waals surface area contributed by atoms with E-state index in [2.05, 4.69) is 20.5 Å². The van der Waals surface area contributed by atoms with E-state index in [0.717, 1.165) is 16.7 Å². The molecule has 7 rings (SSSR count). The summed E-state index contributed by atoms with van der Waals surface area (Å²) < 4.78 is 34.6. The largest absolute Gasteiger partial charge is 0.444 e. The number of nitrogens with zero attached hydrogens (tertiary/aromatic N) is 4. The number of hydrogen-bond donors (Lipinski definition) is 2. The second-order valence-electron chi connectivity index (χ2n) is 13.2. The van der Waals surface area contributed by atoms with Crippen LogP contribution >= 0.6 is 0 Å². The SMILES string of the molecule is CC(C)(C)OC(=O)NC1CCN(C(=O)c2n[nH]c3ccc(-c4cnc5c(c4)cc(-c4ccccc4)n5S(=O)(=O)c4ccccc4)cc23)CC1. The molecule has 0 unspecified atom stereocenters. The van der Waals surface area contributed by atoms with Crippen molar-refractivity contribution in [3.8, 4) is 22.4 Å². The van der Waals surface area contributed by atoms with Gasteiger partial charge in [-0.2, -0.15) is 5.10 Å². The van der Waals surface area contributed by atoms with Crippen molar-refractivity contribution in [1.29, 1.82) is 0 Å². The fourth-order valence-corrected chi connectivity index (χ4v) is 7.70. The van der Waals surface area contributed by atoms with E-state index in [9.17, 15) is 18.0 Å². The van der Waals surface area contributed by atoms with Crippen molar-refractivity contribution in [2.75, 3.05) is 13.1 Å². The topological polar surface area (TPSA) is 139 Å². The number of rotatable bonds is 6. The molecule has 0 radical (unpaired) electrons. The lowest BCUT2D eigenvalue weighted by molar-refractivity contribution is 0.0473. The predicted octanol–water partition coefficient (Wildman–Crippen LogP) is 6.61. The van der Waals surface area contributed by atoms with E-state index in [0.29, 0.717) is 59.3 Å². The van der Waals surface area contributed by atoms with Gasteiger partial charge >= 0.3 is 6.09 Å². The summed E-state index contributed by atoms with van der Waals surface area (Å²) in [5.41, 5.74) is 3.58. The molecule has 0 atom stereocenters. The Morgan fingerprint density at radius 2 is 1.57 bits per heavy atom. The number of aromatic nitrogens is 4. The highest BCUT2D eigenvalue weighted by Gasteiger charge is 2.29. The number of carbonyl (C=O) groups excluding carboxylic acids is 2. The molecule has 4 heterocycles. The third-order valence-electron chi connectivity index (χ3n) is 8.55. The first-order chi connectivity index (χ1) is 23.5. The molecular formula is C37H36N6O5S. The molecule has 1 saturated heterocycles. The molecule has 0 saturated carbocycles. The van der Waals surface area contributed by atoms with Crippen LogP contribution in [0, 0.1) is 0 Å². The van der Waals surface area contributed by atoms with Crippen LogP contribution in [0.2, 0.25) is 0 Å². The average molecular weight is 677 g/mol. The van der Waals surface area contributed by atoms with Gasteiger partial charge in [0.15, 0.2) is 11.3 Å². The highest BCUT2D eigenvalue weighted by molar-refractivity contribution is 7.90. The minimum absolute atomic E-state index is 0.0798. The van der Waals surface area contributed by atoms with Crippen LogP contribution in [0.4, 0.5) is 4.79 Å². The molecule has 3 aromatic heterocycles. The van der Waals surface area contributed by atoms with Gasteiger partial charge in [-0.05, 0) is 81.1 Å². The van der Waals surface area contributed by atoms with Crippen LogP contribution in [-0.2, 0) is 14.8 Å². The second kappa shape index (κ2) is 12.5. The fraction of sp³-hybridized carbons (Fsp3) is 0.243. The van der Waals surface area contributed by atoms with Crippen molar-refractivity contribution in [2.24, 2.45) is 0 Å². The van der Waals surface area contributed by atoms with E-state index in [1.807, 2.05) is 81.4 Å². The molecule has 2 N–H and O–H groups in total. The summed E-state index contributed by atoms with van der Waals surface area (Å²) in [6.07, 6.45) is 2.41. The van der Waals surface area contributed by atoms with Gasteiger partial charge < -0.3 is 15.0 Å². The first kappa shape index (κ1) is 32.1. The number of benzene rings is 3. The maximum absolute atomic E-state index is 14.0. The van der Waals surface area contributed by atoms with Crippen LogP contribution in [-0.4, -0.2) is 69.2 Å². The van der Waals surface area contributed by atoms with Crippen molar-refractivity contribution in [3.05, 3.63) is 103 Å². The van der Waals surface area contributed by atoms with Gasteiger partial charge in [-0.25, -0.2) is 22.2 Å². The van der Waals surface area contributed by atoms with Crippen molar-refractivity contribution < 1.29 is 22.7 Å². The zero-order chi connectivity index (χ0) is 34.3. The summed E-state index contributed by atoms with van der Waals surface area (Å²) in [5.74, 6) is -0.191. The van der Waals surface area contributed by atoms with E-state index < -0.39 is 21.7 Å². The van der Waals surface area contributed by atoms with Crippen LogP contribution in [0.1, 0.15) is 44.1 Å². The number of piperidine rings is 1. The van der Waals surface area contributed by atoms with Crippen LogP contribution < -0.4 is 5.32 Å². The summed E-state index contributed by atoms with van der Waals surface area (Å²) in [4.78, 5) is 32.5. The molecule has 0 aliphatic carbocycles. The van der Waals surface area contributed by atoms with E-state index in [4.69, 9.17) is 4.74 Å². The van der Waals surface area contributed by atoms with Crippen LogP contribution in [0.5, 0.6) is 0 Å². The number of H-pyrrole nitrogens is 1. The summed E-state index contributed by atoms with van der Waals surface area (Å²) in [6.45, 7) is 6.40. The lowest BCUT2D eigenvalue weighted by Crippen LogP contribution is -2.47. The van der Waals surface area contributed by atoms with E-state index in [-0.39, 0.29) is 16.8 Å². The Labute approximate surface area is 284 Å². The highest BCUT2D eigenvalue weighted by Crippen LogP contribution is 2.34. The summed E-state index contributed by atoms with van der Waals surface area (Å²) >= 11 is 0. The molecule has 1 fully saturated rings. The zero-order valence-electron chi connectivity index (χ0n) is 27.4. The molecule has 0 spiro atoms. The standard InChI is InChI=1S/C37H36N6O5S/c1-37(2,3)48-36(45)39-28-16-18-42(19-17-28)35(44)33-30-21-25(14-15-31(30)40-41-33)27-20-26-22-32(24-10-6-4-7-11-24)43(34(26)38-23-27)49(46,47)29-12-8-5-9-13-29/h4-15,20-23,28H,16-19H2,1-3H3,(H,39,45)(H,40,41). The van der Waals surface area contributed by atoms with Gasteiger partial charge in [-0.3, -0.25) is 9.89 Å². The number of aromatic amines is 1. The molecule has 12 heteroatoms. The Bertz CT molecular complexity index is 2280. The van der Waals surface area contributed by atoms with E-state index >= 15 is 0 Å². The first-order valence-electron chi connectivity index (χ1n) is 16.1. The van der Waals surface area contributed by atoms with Gasteiger partial charge in [-0.1, -0.05) is 54.6 Å². The average Bonchev–Trinajstić information content (AvgIpc) is 3.70. The summed E-state index contributed by atoms with van der Waals surface area (Å²) in [5, 5.41) is 11.6. The van der Waals surface area contributed by atoms with Gasteiger partial charge in [-0.15, -0.1) is 0 Å². The molecule has 49 heavy (non-hydrogen) atoms. The number of carbonyl (C=O) groups is 2. The number of fused-ring (bicyclic) bond motifs is 2. The minimum atomic E-state index is -3.97. The number of ether oxygens (including phenoxy) is 1. The molecule has 6 aromatic rings.